The van der Waals surface area contributed by atoms with Crippen LogP contribution in [0.3, 0.4) is 0 Å². The second-order valence-electron chi connectivity index (χ2n) is 10.5. The van der Waals surface area contributed by atoms with E-state index in [9.17, 15) is 15.3 Å². The second kappa shape index (κ2) is 8.51. The van der Waals surface area contributed by atoms with Crippen molar-refractivity contribution in [1.82, 2.24) is 15.3 Å². The summed E-state index contributed by atoms with van der Waals surface area (Å²) < 4.78 is 16.4. The molecule has 0 amide bonds. The van der Waals surface area contributed by atoms with Gasteiger partial charge < -0.3 is 30.4 Å². The largest absolute Gasteiger partial charge is 0.508 e. The second-order valence-corrected chi connectivity index (χ2v) is 10.5. The summed E-state index contributed by atoms with van der Waals surface area (Å²) in [6, 6.07) is 15.2. The summed E-state index contributed by atoms with van der Waals surface area (Å²) in [5, 5.41) is 36.6. The van der Waals surface area contributed by atoms with Gasteiger partial charge in [0.05, 0.1) is 12.2 Å². The Morgan fingerprint density at radius 1 is 0.811 bits per heavy atom. The molecule has 4 atom stereocenters. The van der Waals surface area contributed by atoms with Crippen LogP contribution in [0, 0.1) is 5.82 Å². The van der Waals surface area contributed by atoms with Crippen LogP contribution in [0.5, 0.6) is 5.75 Å². The number of phenolic OH excluding ortho intramolecular Hbond substituents is 1. The molecule has 2 bridgehead atoms. The Kier molecular flexibility index (Phi) is 5.21. The number of fused-ring (bicyclic) bond motifs is 4. The highest BCUT2D eigenvalue weighted by atomic mass is 19.1. The number of piperazine rings is 1. The fourth-order valence-corrected chi connectivity index (χ4v) is 6.15. The van der Waals surface area contributed by atoms with Gasteiger partial charge in [0.25, 0.3) is 0 Å². The monoisotopic (exact) mass is 501 g/mol. The molecular weight excluding hydrogens is 473 g/mol. The van der Waals surface area contributed by atoms with E-state index < -0.39 is 18.0 Å². The minimum atomic E-state index is -0.910. The van der Waals surface area contributed by atoms with E-state index in [2.05, 4.69) is 15.2 Å². The first-order valence-corrected chi connectivity index (χ1v) is 12.8. The number of nitrogens with zero attached hydrogens (tertiary/aromatic N) is 4. The van der Waals surface area contributed by atoms with Crippen LogP contribution in [0.2, 0.25) is 0 Å². The SMILES string of the molecule is Oc1cc(-c2ccc3c(N4C[C@H]5CC[C@@H](C4)N5)nc(N4C[C@@H](O)[C@H](O)C4)nc3c2F)c2ccccc2c1. The summed E-state index contributed by atoms with van der Waals surface area (Å²) in [6.45, 7) is 1.90. The van der Waals surface area contributed by atoms with Gasteiger partial charge in [-0.25, -0.2) is 9.37 Å². The molecule has 37 heavy (non-hydrogen) atoms. The van der Waals surface area contributed by atoms with Crippen molar-refractivity contribution in [2.75, 3.05) is 36.0 Å². The maximum atomic E-state index is 16.4. The Bertz CT molecular complexity index is 1510. The number of hydrogen-bond acceptors (Lipinski definition) is 8. The highest BCUT2D eigenvalue weighted by molar-refractivity contribution is 6.01. The van der Waals surface area contributed by atoms with Crippen molar-refractivity contribution in [2.24, 2.45) is 0 Å². The number of phenols is 1. The van der Waals surface area contributed by atoms with Crippen molar-refractivity contribution in [2.45, 2.75) is 37.1 Å². The van der Waals surface area contributed by atoms with E-state index in [-0.39, 0.29) is 24.4 Å². The summed E-state index contributed by atoms with van der Waals surface area (Å²) in [6.07, 6.45) is 0.384. The van der Waals surface area contributed by atoms with Crippen LogP contribution in [0.25, 0.3) is 32.8 Å². The number of hydrogen-bond donors (Lipinski definition) is 4. The number of anilines is 2. The summed E-state index contributed by atoms with van der Waals surface area (Å²) in [5.74, 6) is 0.534. The number of aromatic hydroxyl groups is 1. The van der Waals surface area contributed by atoms with Crippen molar-refractivity contribution in [3.63, 3.8) is 0 Å². The molecule has 4 aromatic rings. The average molecular weight is 502 g/mol. The van der Waals surface area contributed by atoms with Crippen LogP contribution in [-0.4, -0.2) is 75.8 Å². The van der Waals surface area contributed by atoms with Gasteiger partial charge in [-0.15, -0.1) is 0 Å². The lowest BCUT2D eigenvalue weighted by molar-refractivity contribution is 0.0572. The molecule has 3 aromatic carbocycles. The van der Waals surface area contributed by atoms with Crippen molar-refractivity contribution in [3.05, 3.63) is 54.3 Å². The fourth-order valence-electron chi connectivity index (χ4n) is 6.15. The molecule has 0 aliphatic carbocycles. The van der Waals surface area contributed by atoms with Gasteiger partial charge in [0.1, 0.15) is 17.1 Å². The molecule has 4 heterocycles. The standard InChI is InChI=1S/C28H28FN5O3/c29-25-20(22-10-18(35)9-15-3-1-2-4-19(15)22)7-8-21-26(25)31-28(34-13-23(36)24(37)14-34)32-27(21)33-11-16-5-6-17(12-33)30-16/h1-4,7-10,16-17,23-24,30,35-37H,5-6,11-14H2/t16-,17+,23-,24-/m1/s1. The maximum Gasteiger partial charge on any atom is 0.228 e. The van der Waals surface area contributed by atoms with Crippen LogP contribution in [0.4, 0.5) is 16.2 Å². The van der Waals surface area contributed by atoms with E-state index >= 15 is 4.39 Å². The molecule has 0 saturated carbocycles. The number of nitrogens with one attached hydrogen (secondary N) is 1. The third-order valence-electron chi connectivity index (χ3n) is 7.97. The van der Waals surface area contributed by atoms with Gasteiger partial charge in [0, 0.05) is 49.2 Å². The first kappa shape index (κ1) is 22.7. The fraction of sp³-hybridized carbons (Fsp3) is 0.357. The molecule has 3 aliphatic heterocycles. The van der Waals surface area contributed by atoms with Crippen molar-refractivity contribution < 1.29 is 19.7 Å². The van der Waals surface area contributed by atoms with Gasteiger partial charge >= 0.3 is 0 Å². The van der Waals surface area contributed by atoms with E-state index in [4.69, 9.17) is 4.98 Å². The predicted molar refractivity (Wildman–Crippen MR) is 140 cm³/mol. The average Bonchev–Trinajstić information content (AvgIpc) is 3.42. The Balaban J connectivity index is 1.43. The zero-order valence-corrected chi connectivity index (χ0v) is 20.2. The van der Waals surface area contributed by atoms with Gasteiger partial charge in [-0.1, -0.05) is 30.3 Å². The third kappa shape index (κ3) is 3.77. The zero-order chi connectivity index (χ0) is 25.3. The predicted octanol–water partition coefficient (Wildman–Crippen LogP) is 2.78. The van der Waals surface area contributed by atoms with Crippen LogP contribution >= 0.6 is 0 Å². The van der Waals surface area contributed by atoms with Gasteiger partial charge in [-0.3, -0.25) is 0 Å². The smallest absolute Gasteiger partial charge is 0.228 e. The van der Waals surface area contributed by atoms with Gasteiger partial charge in [0.2, 0.25) is 5.95 Å². The highest BCUT2D eigenvalue weighted by Gasteiger charge is 2.36. The van der Waals surface area contributed by atoms with Gasteiger partial charge in [-0.2, -0.15) is 4.98 Å². The number of benzene rings is 3. The van der Waals surface area contributed by atoms with E-state index in [0.29, 0.717) is 40.4 Å². The number of aliphatic hydroxyl groups is 2. The van der Waals surface area contributed by atoms with E-state index in [1.165, 1.54) is 0 Å². The number of aromatic nitrogens is 2. The minimum absolute atomic E-state index is 0.0635. The molecule has 3 aliphatic rings. The lowest BCUT2D eigenvalue weighted by Gasteiger charge is -2.34. The summed E-state index contributed by atoms with van der Waals surface area (Å²) in [7, 11) is 0. The van der Waals surface area contributed by atoms with E-state index in [1.54, 1.807) is 23.1 Å². The van der Waals surface area contributed by atoms with E-state index in [1.807, 2.05) is 30.3 Å². The molecular formula is C28H28FN5O3. The number of β-amino-alcohol motifs (C(OH)–C–C–N with tert-alkyl or cyclic N) is 2. The van der Waals surface area contributed by atoms with Crippen LogP contribution in [0.1, 0.15) is 12.8 Å². The van der Waals surface area contributed by atoms with Gasteiger partial charge in [-0.05, 0) is 47.4 Å². The van der Waals surface area contributed by atoms with Crippen LogP contribution < -0.4 is 15.1 Å². The normalized spacial score (nSPS) is 25.5. The number of halogens is 1. The quantitative estimate of drug-likeness (QED) is 0.340. The van der Waals surface area contributed by atoms with Crippen molar-refractivity contribution >= 4 is 33.4 Å². The topological polar surface area (TPSA) is 105 Å². The Labute approximate surface area is 213 Å². The summed E-state index contributed by atoms with van der Waals surface area (Å²) >= 11 is 0. The number of rotatable bonds is 3. The summed E-state index contributed by atoms with van der Waals surface area (Å²) in [5.41, 5.74) is 1.12. The first-order valence-electron chi connectivity index (χ1n) is 12.8. The lowest BCUT2D eigenvalue weighted by Crippen LogP contribution is -2.51. The highest BCUT2D eigenvalue weighted by Crippen LogP contribution is 2.39. The van der Waals surface area contributed by atoms with Crippen molar-refractivity contribution in [3.8, 4) is 16.9 Å². The van der Waals surface area contributed by atoms with Crippen LogP contribution in [0.15, 0.2) is 48.5 Å². The molecule has 0 radical (unpaired) electrons. The molecule has 3 fully saturated rings. The maximum absolute atomic E-state index is 16.4. The van der Waals surface area contributed by atoms with E-state index in [0.717, 1.165) is 36.7 Å². The number of aliphatic hydroxyl groups excluding tert-OH is 2. The molecule has 0 unspecified atom stereocenters. The Hall–Kier alpha value is -3.53. The molecule has 9 heteroatoms. The third-order valence-corrected chi connectivity index (χ3v) is 7.97. The molecule has 190 valence electrons. The molecule has 8 nitrogen and oxygen atoms in total. The molecule has 7 rings (SSSR count). The molecule has 3 saturated heterocycles. The zero-order valence-electron chi connectivity index (χ0n) is 20.2. The van der Waals surface area contributed by atoms with Crippen molar-refractivity contribution in [1.29, 1.82) is 0 Å². The molecule has 4 N–H and O–H groups in total. The molecule has 1 aromatic heterocycles. The van der Waals surface area contributed by atoms with Gasteiger partial charge in [0.15, 0.2) is 5.82 Å². The first-order chi connectivity index (χ1) is 17.9. The van der Waals surface area contributed by atoms with Crippen LogP contribution in [-0.2, 0) is 0 Å². The molecule has 0 spiro atoms. The summed E-state index contributed by atoms with van der Waals surface area (Å²) in [4.78, 5) is 13.4. The Morgan fingerprint density at radius 2 is 1.54 bits per heavy atom. The minimum Gasteiger partial charge on any atom is -0.508 e. The lowest BCUT2D eigenvalue weighted by atomic mass is 9.96. The Morgan fingerprint density at radius 3 is 2.30 bits per heavy atom.